The van der Waals surface area contributed by atoms with Crippen LogP contribution in [0, 0.1) is 17.4 Å². The number of aromatic nitrogens is 2. The molecule has 0 saturated carbocycles. The largest absolute Gasteiger partial charge is 0.480 e. The van der Waals surface area contributed by atoms with Gasteiger partial charge in [-0.3, -0.25) is 9.59 Å². The van der Waals surface area contributed by atoms with E-state index in [0.29, 0.717) is 31.0 Å². The number of nitriles is 1. The minimum Gasteiger partial charge on any atom is -0.480 e. The van der Waals surface area contributed by atoms with Crippen molar-refractivity contribution in [1.29, 1.82) is 5.26 Å². The van der Waals surface area contributed by atoms with E-state index in [1.54, 1.807) is 48.4 Å². The van der Waals surface area contributed by atoms with Crippen LogP contribution in [0.1, 0.15) is 12.8 Å². The van der Waals surface area contributed by atoms with E-state index < -0.39 is 12.0 Å². The van der Waals surface area contributed by atoms with Crippen molar-refractivity contribution in [2.45, 2.75) is 18.9 Å². The third kappa shape index (κ3) is 5.94. The lowest BCUT2D eigenvalue weighted by molar-refractivity contribution is -0.139. The molecule has 0 spiro atoms. The Morgan fingerprint density at radius 1 is 1.34 bits per heavy atom. The Bertz CT molecular complexity index is 991. The Hall–Kier alpha value is -3.20. The molecule has 3 rings (SSSR count). The van der Waals surface area contributed by atoms with Gasteiger partial charge in [0.15, 0.2) is 6.19 Å². The first-order chi connectivity index (χ1) is 15.5. The van der Waals surface area contributed by atoms with Crippen LogP contribution in [0.3, 0.4) is 0 Å². The lowest BCUT2D eigenvalue weighted by atomic mass is 10.1. The average molecular weight is 456 g/mol. The number of thioether (sulfide) groups is 1. The van der Waals surface area contributed by atoms with Gasteiger partial charge < -0.3 is 15.8 Å². The molecule has 0 aliphatic carbocycles. The number of rotatable bonds is 10. The molecule has 1 amide bonds. The Labute approximate surface area is 190 Å². The highest BCUT2D eigenvalue weighted by molar-refractivity contribution is 7.98. The van der Waals surface area contributed by atoms with Gasteiger partial charge in [0.2, 0.25) is 5.91 Å². The van der Waals surface area contributed by atoms with Crippen molar-refractivity contribution in [3.63, 3.8) is 0 Å². The lowest BCUT2D eigenvalue weighted by Gasteiger charge is -2.17. The van der Waals surface area contributed by atoms with Crippen molar-refractivity contribution in [2.24, 2.45) is 5.92 Å². The first-order valence-corrected chi connectivity index (χ1v) is 11.5. The van der Waals surface area contributed by atoms with Crippen LogP contribution in [0.2, 0.25) is 0 Å². The summed E-state index contributed by atoms with van der Waals surface area (Å²) in [6, 6.07) is 6.23. The lowest BCUT2D eigenvalue weighted by Crippen LogP contribution is -2.41. The van der Waals surface area contributed by atoms with Crippen LogP contribution in [0.4, 0.5) is 11.6 Å². The summed E-state index contributed by atoms with van der Waals surface area (Å²) in [6.07, 6.45) is 8.16. The van der Waals surface area contributed by atoms with E-state index in [4.69, 9.17) is 0 Å². The van der Waals surface area contributed by atoms with Gasteiger partial charge in [0, 0.05) is 18.9 Å². The number of hydrazine groups is 1. The molecule has 0 radical (unpaired) electrons. The van der Waals surface area contributed by atoms with Gasteiger partial charge in [-0.25, -0.2) is 15.4 Å². The van der Waals surface area contributed by atoms with Crippen molar-refractivity contribution in [2.75, 3.05) is 35.4 Å². The molecule has 0 aromatic carbocycles. The second-order valence-electron chi connectivity index (χ2n) is 7.24. The number of nitrogens with zero attached hydrogens (tertiary/aromatic N) is 4. The summed E-state index contributed by atoms with van der Waals surface area (Å²) < 4.78 is 0. The number of carboxylic acid groups (broad SMARTS) is 1. The van der Waals surface area contributed by atoms with Gasteiger partial charge in [-0.15, -0.1) is 0 Å². The number of hydrogen-bond donors (Lipinski definition) is 4. The van der Waals surface area contributed by atoms with E-state index in [9.17, 15) is 20.0 Å². The van der Waals surface area contributed by atoms with E-state index in [0.717, 1.165) is 22.6 Å². The second kappa shape index (κ2) is 11.4. The maximum Gasteiger partial charge on any atom is 0.322 e. The average Bonchev–Trinajstić information content (AvgIpc) is 3.35. The highest BCUT2D eigenvalue weighted by Gasteiger charge is 2.29. The van der Waals surface area contributed by atoms with Crippen LogP contribution in [-0.4, -0.2) is 58.1 Å². The van der Waals surface area contributed by atoms with Crippen LogP contribution >= 0.6 is 11.8 Å². The fourth-order valence-corrected chi connectivity index (χ4v) is 3.79. The van der Waals surface area contributed by atoms with Gasteiger partial charge in [0.25, 0.3) is 0 Å². The zero-order chi connectivity index (χ0) is 22.9. The summed E-state index contributed by atoms with van der Waals surface area (Å²) in [7, 11) is 0. The molecule has 1 saturated heterocycles. The van der Waals surface area contributed by atoms with Gasteiger partial charge in [-0.1, -0.05) is 0 Å². The van der Waals surface area contributed by atoms with Crippen LogP contribution in [0.25, 0.3) is 11.1 Å². The third-order valence-electron chi connectivity index (χ3n) is 5.08. The molecule has 2 atom stereocenters. The van der Waals surface area contributed by atoms with Gasteiger partial charge in [0.05, 0.1) is 5.92 Å². The summed E-state index contributed by atoms with van der Waals surface area (Å²) >= 11 is 1.58. The van der Waals surface area contributed by atoms with Gasteiger partial charge in [-0.2, -0.15) is 21.9 Å². The fourth-order valence-electron chi connectivity index (χ4n) is 3.31. The Morgan fingerprint density at radius 2 is 2.09 bits per heavy atom. The van der Waals surface area contributed by atoms with Crippen LogP contribution in [0.15, 0.2) is 36.7 Å². The molecule has 4 N–H and O–H groups in total. The normalized spacial score (nSPS) is 16.2. The molecule has 2 aromatic rings. The molecular formula is C21H25N7O3S. The highest BCUT2D eigenvalue weighted by Crippen LogP contribution is 2.25. The molecule has 2 aromatic heterocycles. The number of amides is 1. The second-order valence-corrected chi connectivity index (χ2v) is 8.22. The number of anilines is 2. The molecule has 1 aliphatic rings. The first kappa shape index (κ1) is 23.5. The van der Waals surface area contributed by atoms with E-state index in [1.165, 1.54) is 0 Å². The standard InChI is InChI=1S/C21H25N7O3S/c1-32-9-5-17(21(30)31)26-27-18-10-14(3-7-24-18)15-4-8-25-19(11-15)28(13-22)20(29)16-2-6-23-12-16/h3-4,7-8,10-11,16-17,23,26H,2,5-6,9,12H2,1H3,(H,24,27)(H,30,31)/t16-,17-/m0/s1. The topological polar surface area (TPSA) is 143 Å². The fraction of sp³-hybridized carbons (Fsp3) is 0.381. The third-order valence-corrected chi connectivity index (χ3v) is 5.72. The van der Waals surface area contributed by atoms with Crippen LogP contribution in [0.5, 0.6) is 0 Å². The highest BCUT2D eigenvalue weighted by atomic mass is 32.2. The Morgan fingerprint density at radius 3 is 2.75 bits per heavy atom. The number of nitrogens with one attached hydrogen (secondary N) is 3. The quantitative estimate of drug-likeness (QED) is 0.237. The molecule has 1 aliphatic heterocycles. The summed E-state index contributed by atoms with van der Waals surface area (Å²) in [5.74, 6) is -0.0372. The van der Waals surface area contributed by atoms with Crippen LogP contribution in [-0.2, 0) is 9.59 Å². The SMILES string of the molecule is CSCC[C@H](NNc1cc(-c2ccnc(N(C#N)C(=O)[C@H]3CCNC3)c2)ccn1)C(=O)O. The molecule has 168 valence electrons. The minimum absolute atomic E-state index is 0.240. The predicted molar refractivity (Wildman–Crippen MR) is 123 cm³/mol. The van der Waals surface area contributed by atoms with Crippen molar-refractivity contribution in [3.8, 4) is 17.3 Å². The number of carboxylic acids is 1. The molecule has 3 heterocycles. The van der Waals surface area contributed by atoms with Gasteiger partial charge in [-0.05, 0) is 66.8 Å². The molecule has 11 heteroatoms. The molecule has 0 unspecified atom stereocenters. The number of aliphatic carboxylic acids is 1. The number of pyridine rings is 2. The first-order valence-electron chi connectivity index (χ1n) is 10.1. The summed E-state index contributed by atoms with van der Waals surface area (Å²) in [6.45, 7) is 1.31. The Balaban J connectivity index is 1.75. The van der Waals surface area contributed by atoms with Crippen molar-refractivity contribution >= 4 is 35.3 Å². The smallest absolute Gasteiger partial charge is 0.322 e. The van der Waals surface area contributed by atoms with Crippen molar-refractivity contribution in [3.05, 3.63) is 36.7 Å². The van der Waals surface area contributed by atoms with E-state index in [1.807, 2.05) is 12.4 Å². The minimum atomic E-state index is -0.944. The van der Waals surface area contributed by atoms with Crippen LogP contribution < -0.4 is 21.1 Å². The summed E-state index contributed by atoms with van der Waals surface area (Å²) in [5.41, 5.74) is 7.17. The maximum absolute atomic E-state index is 12.7. The van der Waals surface area contributed by atoms with Gasteiger partial charge >= 0.3 is 5.97 Å². The number of carbonyl (C=O) groups excluding carboxylic acids is 1. The van der Waals surface area contributed by atoms with Gasteiger partial charge in [0.1, 0.15) is 17.7 Å². The van der Waals surface area contributed by atoms with E-state index in [2.05, 4.69) is 26.1 Å². The van der Waals surface area contributed by atoms with E-state index in [-0.39, 0.29) is 17.6 Å². The zero-order valence-corrected chi connectivity index (χ0v) is 18.4. The maximum atomic E-state index is 12.7. The molecular weight excluding hydrogens is 430 g/mol. The van der Waals surface area contributed by atoms with Crippen molar-refractivity contribution in [1.82, 2.24) is 20.7 Å². The molecule has 1 fully saturated rings. The molecule has 10 nitrogen and oxygen atoms in total. The summed E-state index contributed by atoms with van der Waals surface area (Å²) in [5, 5.41) is 22.0. The predicted octanol–water partition coefficient (Wildman–Crippen LogP) is 1.69. The monoisotopic (exact) mass is 455 g/mol. The summed E-state index contributed by atoms with van der Waals surface area (Å²) in [4.78, 5) is 33.6. The molecule has 0 bridgehead atoms. The molecule has 32 heavy (non-hydrogen) atoms. The Kier molecular flexibility index (Phi) is 8.38. The van der Waals surface area contributed by atoms with Crippen molar-refractivity contribution < 1.29 is 14.7 Å². The van der Waals surface area contributed by atoms with E-state index >= 15 is 0 Å². The zero-order valence-electron chi connectivity index (χ0n) is 17.6. The number of carbonyl (C=O) groups is 2. The number of hydrogen-bond acceptors (Lipinski definition) is 9.